The van der Waals surface area contributed by atoms with Crippen molar-refractivity contribution in [3.8, 4) is 0 Å². The van der Waals surface area contributed by atoms with E-state index in [0.29, 0.717) is 0 Å². The third-order valence-corrected chi connectivity index (χ3v) is 6.13. The Morgan fingerprint density at radius 2 is 1.61 bits per heavy atom. The molecule has 31 heavy (non-hydrogen) atoms. The lowest BCUT2D eigenvalue weighted by atomic mass is 9.81. The second-order valence-electron chi connectivity index (χ2n) is 8.54. The molecule has 0 aromatic heterocycles. The van der Waals surface area contributed by atoms with Crippen molar-refractivity contribution in [1.29, 1.82) is 0 Å². The number of benzene rings is 2. The normalized spacial score (nSPS) is 17.3. The van der Waals surface area contributed by atoms with Crippen molar-refractivity contribution in [3.05, 3.63) is 70.8 Å². The summed E-state index contributed by atoms with van der Waals surface area (Å²) in [5.41, 5.74) is 5.34. The monoisotopic (exact) mass is 435 g/mol. The maximum atomic E-state index is 10.6. The van der Waals surface area contributed by atoms with Crippen LogP contribution in [-0.4, -0.2) is 34.5 Å². The van der Waals surface area contributed by atoms with Crippen molar-refractivity contribution in [3.63, 3.8) is 0 Å². The Hall–Kier alpha value is -2.38. The number of hydrogen-bond acceptors (Lipinski definition) is 3. The van der Waals surface area contributed by atoms with Crippen LogP contribution in [0.4, 0.5) is 13.2 Å². The fourth-order valence-corrected chi connectivity index (χ4v) is 4.17. The molecule has 4 rings (SSSR count). The van der Waals surface area contributed by atoms with Gasteiger partial charge in [-0.1, -0.05) is 67.8 Å². The summed E-state index contributed by atoms with van der Waals surface area (Å²) in [4.78, 5) is 8.90. The minimum absolute atomic E-state index is 0.184. The minimum Gasteiger partial charge on any atom is -0.475 e. The first-order valence-corrected chi connectivity index (χ1v) is 10.5. The molecule has 2 aromatic rings. The zero-order chi connectivity index (χ0) is 22.5. The molecule has 2 aliphatic rings. The molecule has 1 fully saturated rings. The molecule has 168 valence electrons. The number of alkyl halides is 3. The molecule has 0 saturated heterocycles. The van der Waals surface area contributed by atoms with Crippen LogP contribution < -0.4 is 5.32 Å². The van der Waals surface area contributed by atoms with Crippen LogP contribution in [0, 0.1) is 5.92 Å². The predicted octanol–water partition coefficient (Wildman–Crippen LogP) is 4.28. The Labute approximate surface area is 180 Å². The van der Waals surface area contributed by atoms with Crippen molar-refractivity contribution in [1.82, 2.24) is 5.32 Å². The van der Waals surface area contributed by atoms with Gasteiger partial charge in [-0.2, -0.15) is 13.2 Å². The lowest BCUT2D eigenvalue weighted by Gasteiger charge is -2.29. The molecule has 0 aliphatic heterocycles. The Bertz CT molecular complexity index is 869. The molecule has 0 amide bonds. The molecule has 2 aromatic carbocycles. The molecule has 0 radical (unpaired) electrons. The Morgan fingerprint density at radius 1 is 1.03 bits per heavy atom. The number of fused-ring (bicyclic) bond motifs is 1. The Kier molecular flexibility index (Phi) is 7.38. The lowest BCUT2D eigenvalue weighted by molar-refractivity contribution is -0.192. The zero-order valence-corrected chi connectivity index (χ0v) is 17.3. The third-order valence-electron chi connectivity index (χ3n) is 6.13. The van der Waals surface area contributed by atoms with Gasteiger partial charge in [-0.05, 0) is 47.4 Å². The molecule has 0 atom stereocenters. The fraction of sp³-hybridized carbons (Fsp3) is 0.458. The second kappa shape index (κ2) is 9.83. The molecule has 0 bridgehead atoms. The van der Waals surface area contributed by atoms with Gasteiger partial charge in [-0.3, -0.25) is 0 Å². The number of nitrogens with one attached hydrogen (secondary N) is 1. The van der Waals surface area contributed by atoms with Crippen molar-refractivity contribution >= 4 is 5.97 Å². The van der Waals surface area contributed by atoms with Gasteiger partial charge in [0.2, 0.25) is 0 Å². The first-order chi connectivity index (χ1) is 14.7. The van der Waals surface area contributed by atoms with Crippen LogP contribution in [0.5, 0.6) is 0 Å². The van der Waals surface area contributed by atoms with E-state index in [9.17, 15) is 18.3 Å². The molecule has 0 unspecified atom stereocenters. The van der Waals surface area contributed by atoms with Gasteiger partial charge >= 0.3 is 12.1 Å². The van der Waals surface area contributed by atoms with Crippen molar-refractivity contribution in [2.24, 2.45) is 5.92 Å². The summed E-state index contributed by atoms with van der Waals surface area (Å²) in [5, 5.41) is 20.8. The highest BCUT2D eigenvalue weighted by molar-refractivity contribution is 5.73. The van der Waals surface area contributed by atoms with E-state index >= 15 is 0 Å². The van der Waals surface area contributed by atoms with Crippen molar-refractivity contribution in [2.75, 3.05) is 6.61 Å². The van der Waals surface area contributed by atoms with Crippen LogP contribution in [0.1, 0.15) is 41.5 Å². The number of aliphatic carboxylic acids is 1. The summed E-state index contributed by atoms with van der Waals surface area (Å²) in [5.74, 6) is -1.85. The van der Waals surface area contributed by atoms with Gasteiger partial charge in [-0.15, -0.1) is 0 Å². The van der Waals surface area contributed by atoms with E-state index in [1.54, 1.807) is 0 Å². The van der Waals surface area contributed by atoms with Crippen LogP contribution in [-0.2, 0) is 30.6 Å². The summed E-state index contributed by atoms with van der Waals surface area (Å²) in [6, 6.07) is 17.5. The molecular formula is C24H28F3NO3. The Balaban J connectivity index is 0.000000339. The highest BCUT2D eigenvalue weighted by Crippen LogP contribution is 2.31. The number of carbonyl (C=O) groups is 1. The van der Waals surface area contributed by atoms with E-state index in [-0.39, 0.29) is 12.1 Å². The quantitative estimate of drug-likeness (QED) is 0.634. The number of carboxylic acid groups (broad SMARTS) is 1. The molecule has 1 saturated carbocycles. The number of aliphatic hydroxyl groups excluding tert-OH is 1. The van der Waals surface area contributed by atoms with E-state index in [1.807, 2.05) is 0 Å². The first-order valence-electron chi connectivity index (χ1n) is 10.5. The maximum absolute atomic E-state index is 10.6. The van der Waals surface area contributed by atoms with E-state index in [4.69, 9.17) is 9.90 Å². The van der Waals surface area contributed by atoms with Gasteiger partial charge in [0.05, 0.1) is 6.61 Å². The predicted molar refractivity (Wildman–Crippen MR) is 112 cm³/mol. The van der Waals surface area contributed by atoms with Gasteiger partial charge in [0, 0.05) is 12.1 Å². The SMILES string of the molecule is O=C(O)C(F)(F)F.OCC1(NCc2cccc(CC3CCC3)c2)Cc2ccccc2C1. The smallest absolute Gasteiger partial charge is 0.475 e. The maximum Gasteiger partial charge on any atom is 0.490 e. The van der Waals surface area contributed by atoms with Crippen LogP contribution in [0.25, 0.3) is 0 Å². The number of aliphatic hydroxyl groups is 1. The van der Waals surface area contributed by atoms with Crippen LogP contribution in [0.15, 0.2) is 48.5 Å². The fourth-order valence-electron chi connectivity index (χ4n) is 4.17. The molecular weight excluding hydrogens is 407 g/mol. The van der Waals surface area contributed by atoms with Crippen molar-refractivity contribution in [2.45, 2.75) is 56.8 Å². The van der Waals surface area contributed by atoms with Crippen LogP contribution >= 0.6 is 0 Å². The number of hydrogen-bond donors (Lipinski definition) is 3. The van der Waals surface area contributed by atoms with Gasteiger partial charge < -0.3 is 15.5 Å². The van der Waals surface area contributed by atoms with Crippen LogP contribution in [0.2, 0.25) is 0 Å². The van der Waals surface area contributed by atoms with E-state index in [2.05, 4.69) is 53.8 Å². The van der Waals surface area contributed by atoms with Gasteiger partial charge in [0.15, 0.2) is 0 Å². The number of halogens is 3. The van der Waals surface area contributed by atoms with Crippen molar-refractivity contribution < 1.29 is 28.2 Å². The number of rotatable bonds is 6. The van der Waals surface area contributed by atoms with Gasteiger partial charge in [0.1, 0.15) is 0 Å². The average Bonchev–Trinajstić information content (AvgIpc) is 3.09. The summed E-state index contributed by atoms with van der Waals surface area (Å²) in [7, 11) is 0. The highest BCUT2D eigenvalue weighted by Gasteiger charge is 2.38. The molecule has 4 nitrogen and oxygen atoms in total. The summed E-state index contributed by atoms with van der Waals surface area (Å²) < 4.78 is 31.7. The van der Waals surface area contributed by atoms with E-state index in [0.717, 1.165) is 25.3 Å². The largest absolute Gasteiger partial charge is 0.490 e. The van der Waals surface area contributed by atoms with Gasteiger partial charge in [-0.25, -0.2) is 4.79 Å². The number of carboxylic acids is 1. The summed E-state index contributed by atoms with van der Waals surface area (Å²) >= 11 is 0. The topological polar surface area (TPSA) is 69.6 Å². The minimum atomic E-state index is -5.08. The van der Waals surface area contributed by atoms with E-state index < -0.39 is 12.1 Å². The van der Waals surface area contributed by atoms with Gasteiger partial charge in [0.25, 0.3) is 0 Å². The van der Waals surface area contributed by atoms with Crippen LogP contribution in [0.3, 0.4) is 0 Å². The summed E-state index contributed by atoms with van der Waals surface area (Å²) in [6.07, 6.45) is 2.18. The molecule has 3 N–H and O–H groups in total. The highest BCUT2D eigenvalue weighted by atomic mass is 19.4. The average molecular weight is 435 g/mol. The third kappa shape index (κ3) is 6.31. The standard InChI is InChI=1S/C22H27NO.C2HF3O2/c24-16-22(13-20-9-1-2-10-21(20)14-22)23-15-19-8-4-7-18(12-19)11-17-5-3-6-17;3-2(4,5)1(6)7/h1-2,4,7-10,12,17,23-24H,3,5-6,11,13-16H2;(H,6,7). The Morgan fingerprint density at radius 3 is 2.10 bits per heavy atom. The first kappa shape index (κ1) is 23.3. The summed E-state index contributed by atoms with van der Waals surface area (Å²) in [6.45, 7) is 1.01. The molecule has 0 spiro atoms. The molecule has 7 heteroatoms. The second-order valence-corrected chi connectivity index (χ2v) is 8.54. The molecule has 2 aliphatic carbocycles. The van der Waals surface area contributed by atoms with E-state index in [1.165, 1.54) is 47.9 Å². The molecule has 0 heterocycles. The lowest BCUT2D eigenvalue weighted by Crippen LogP contribution is -2.49. The zero-order valence-electron chi connectivity index (χ0n) is 17.3.